The van der Waals surface area contributed by atoms with Gasteiger partial charge in [-0.05, 0) is 38.5 Å². The van der Waals surface area contributed by atoms with E-state index in [2.05, 4.69) is 20.6 Å². The van der Waals surface area contributed by atoms with Gasteiger partial charge in [-0.15, -0.1) is 24.0 Å². The smallest absolute Gasteiger partial charge is 0.410 e. The second-order valence-corrected chi connectivity index (χ2v) is 7.57. The van der Waals surface area contributed by atoms with Crippen molar-refractivity contribution >= 4 is 41.8 Å². The molecule has 1 fully saturated rings. The number of halogens is 1. The van der Waals surface area contributed by atoms with Crippen LogP contribution in [0.2, 0.25) is 0 Å². The monoisotopic (exact) mass is 490 g/mol. The number of carbonyl (C=O) groups excluding carboxylic acids is 1. The number of aromatic nitrogens is 1. The Kier molecular flexibility index (Phi) is 8.58. The number of hydrogen-bond acceptors (Lipinski definition) is 5. The van der Waals surface area contributed by atoms with Crippen LogP contribution in [-0.4, -0.2) is 67.8 Å². The van der Waals surface area contributed by atoms with Gasteiger partial charge < -0.3 is 25.2 Å². The highest BCUT2D eigenvalue weighted by Gasteiger charge is 2.34. The lowest BCUT2D eigenvalue weighted by molar-refractivity contribution is 0.00701. The van der Waals surface area contributed by atoms with Crippen LogP contribution in [-0.2, 0) is 11.3 Å². The van der Waals surface area contributed by atoms with Gasteiger partial charge in [0.15, 0.2) is 5.96 Å². The maximum Gasteiger partial charge on any atom is 0.410 e. The predicted octanol–water partition coefficient (Wildman–Crippen LogP) is 2.05. The minimum absolute atomic E-state index is 0. The number of guanidine groups is 1. The Morgan fingerprint density at radius 3 is 2.63 bits per heavy atom. The Bertz CT molecular complexity index is 653. The molecule has 1 saturated heterocycles. The summed E-state index contributed by atoms with van der Waals surface area (Å²) in [5.41, 5.74) is 0.652. The van der Waals surface area contributed by atoms with Gasteiger partial charge in [-0.3, -0.25) is 4.99 Å². The van der Waals surface area contributed by atoms with Gasteiger partial charge in [0.05, 0.1) is 6.04 Å². The van der Waals surface area contributed by atoms with Crippen molar-refractivity contribution in [1.29, 1.82) is 0 Å². The quantitative estimate of drug-likeness (QED) is 0.382. The van der Waals surface area contributed by atoms with E-state index >= 15 is 0 Å². The van der Waals surface area contributed by atoms with Gasteiger partial charge >= 0.3 is 6.09 Å². The zero-order valence-corrected chi connectivity index (χ0v) is 19.3. The van der Waals surface area contributed by atoms with Crippen molar-refractivity contribution in [3.05, 3.63) is 23.9 Å². The summed E-state index contributed by atoms with van der Waals surface area (Å²) in [6, 6.07) is 4.18. The van der Waals surface area contributed by atoms with Crippen molar-refractivity contribution in [3.63, 3.8) is 0 Å². The first-order valence-corrected chi connectivity index (χ1v) is 8.75. The van der Waals surface area contributed by atoms with Gasteiger partial charge in [0.1, 0.15) is 11.4 Å². The molecule has 1 aliphatic heterocycles. The number of nitrogens with zero attached hydrogens (tertiary/aromatic N) is 4. The van der Waals surface area contributed by atoms with Gasteiger partial charge in [0.25, 0.3) is 0 Å². The fourth-order valence-electron chi connectivity index (χ4n) is 2.43. The van der Waals surface area contributed by atoms with Gasteiger partial charge in [-0.25, -0.2) is 9.78 Å². The number of amides is 1. The van der Waals surface area contributed by atoms with Gasteiger partial charge in [0, 0.05) is 47.0 Å². The molecule has 1 aromatic rings. The molecule has 152 valence electrons. The third-order valence-corrected chi connectivity index (χ3v) is 3.83. The summed E-state index contributed by atoms with van der Waals surface area (Å²) >= 11 is 0. The largest absolute Gasteiger partial charge is 0.444 e. The summed E-state index contributed by atoms with van der Waals surface area (Å²) in [5, 5.41) is 6.61. The number of carbonyl (C=O) groups is 1. The summed E-state index contributed by atoms with van der Waals surface area (Å²) in [4.78, 5) is 24.2. The van der Waals surface area contributed by atoms with Gasteiger partial charge in [-0.1, -0.05) is 0 Å². The zero-order valence-electron chi connectivity index (χ0n) is 16.9. The van der Waals surface area contributed by atoms with Crippen molar-refractivity contribution in [3.8, 4) is 0 Å². The number of ether oxygens (including phenoxy) is 1. The molecule has 8 nitrogen and oxygen atoms in total. The Balaban J connectivity index is 0.00000364. The fraction of sp³-hybridized carbons (Fsp3) is 0.611. The summed E-state index contributed by atoms with van der Waals surface area (Å²) in [7, 11) is 5.66. The summed E-state index contributed by atoms with van der Waals surface area (Å²) < 4.78 is 5.36. The van der Waals surface area contributed by atoms with Crippen molar-refractivity contribution in [1.82, 2.24) is 20.5 Å². The lowest BCUT2D eigenvalue weighted by atomic mass is 10.1. The number of likely N-dealkylation sites (tertiary alicyclic amines) is 1. The Labute approximate surface area is 178 Å². The van der Waals surface area contributed by atoms with Crippen LogP contribution in [0.5, 0.6) is 0 Å². The molecule has 0 saturated carbocycles. The van der Waals surface area contributed by atoms with Crippen LogP contribution in [0.3, 0.4) is 0 Å². The maximum atomic E-state index is 12.0. The van der Waals surface area contributed by atoms with Gasteiger partial charge in [0.2, 0.25) is 0 Å². The fourth-order valence-corrected chi connectivity index (χ4v) is 2.43. The molecule has 0 atom stereocenters. The molecule has 0 spiro atoms. The van der Waals surface area contributed by atoms with E-state index in [0.29, 0.717) is 25.6 Å². The highest BCUT2D eigenvalue weighted by Crippen LogP contribution is 2.15. The average Bonchev–Trinajstić information content (AvgIpc) is 2.51. The van der Waals surface area contributed by atoms with Crippen LogP contribution in [0.15, 0.2) is 23.3 Å². The van der Waals surface area contributed by atoms with E-state index in [1.54, 1.807) is 18.1 Å². The van der Waals surface area contributed by atoms with E-state index in [-0.39, 0.29) is 36.1 Å². The highest BCUT2D eigenvalue weighted by molar-refractivity contribution is 14.0. The van der Waals surface area contributed by atoms with Gasteiger partial charge in [-0.2, -0.15) is 0 Å². The normalized spacial score (nSPS) is 14.7. The van der Waals surface area contributed by atoms with Crippen LogP contribution < -0.4 is 15.5 Å². The van der Waals surface area contributed by atoms with Crippen LogP contribution in [0.1, 0.15) is 26.3 Å². The second kappa shape index (κ2) is 9.95. The van der Waals surface area contributed by atoms with Crippen molar-refractivity contribution in [2.45, 2.75) is 39.0 Å². The third-order valence-electron chi connectivity index (χ3n) is 3.83. The van der Waals surface area contributed by atoms with E-state index in [1.807, 2.05) is 51.9 Å². The first kappa shape index (κ1) is 23.3. The average molecular weight is 490 g/mol. The topological polar surface area (TPSA) is 82.1 Å². The molecule has 2 rings (SSSR count). The molecule has 1 amide bonds. The molecule has 0 aromatic carbocycles. The summed E-state index contributed by atoms with van der Waals surface area (Å²) in [6.07, 6.45) is 1.53. The van der Waals surface area contributed by atoms with E-state index in [4.69, 9.17) is 4.74 Å². The van der Waals surface area contributed by atoms with E-state index in [9.17, 15) is 4.79 Å². The van der Waals surface area contributed by atoms with Crippen LogP contribution >= 0.6 is 24.0 Å². The molecule has 9 heteroatoms. The SMILES string of the molecule is CN=C(NCc1ccnc(N(C)C)c1)NC1CN(C(=O)OC(C)(C)C)C1.I. The van der Waals surface area contributed by atoms with Crippen LogP contribution in [0, 0.1) is 0 Å². The van der Waals surface area contributed by atoms with E-state index in [0.717, 1.165) is 11.4 Å². The number of anilines is 1. The molecule has 0 aliphatic carbocycles. The number of hydrogen-bond donors (Lipinski definition) is 2. The minimum atomic E-state index is -0.469. The van der Waals surface area contributed by atoms with Crippen molar-refractivity contribution in [2.75, 3.05) is 39.1 Å². The third kappa shape index (κ3) is 7.39. The zero-order chi connectivity index (χ0) is 19.3. The molecule has 2 heterocycles. The molecule has 0 radical (unpaired) electrons. The lowest BCUT2D eigenvalue weighted by Gasteiger charge is -2.40. The van der Waals surface area contributed by atoms with E-state index in [1.165, 1.54) is 0 Å². The molecular formula is C18H31IN6O2. The predicted molar refractivity (Wildman–Crippen MR) is 119 cm³/mol. The Morgan fingerprint density at radius 2 is 2.07 bits per heavy atom. The highest BCUT2D eigenvalue weighted by atomic mass is 127. The molecule has 0 unspecified atom stereocenters. The molecule has 2 N–H and O–H groups in total. The molecule has 1 aromatic heterocycles. The number of rotatable bonds is 4. The summed E-state index contributed by atoms with van der Waals surface area (Å²) in [5.74, 6) is 1.63. The Morgan fingerprint density at radius 1 is 1.41 bits per heavy atom. The number of nitrogens with one attached hydrogen (secondary N) is 2. The standard InChI is InChI=1S/C18H30N6O2.HI/c1-18(2,3)26-17(25)24-11-14(12-24)22-16(19-4)21-10-13-7-8-20-15(9-13)23(5)6;/h7-9,14H,10-12H2,1-6H3,(H2,19,21,22);1H. The van der Waals surface area contributed by atoms with Crippen LogP contribution in [0.4, 0.5) is 10.6 Å². The lowest BCUT2D eigenvalue weighted by Crippen LogP contribution is -2.63. The Hall–Kier alpha value is -1.78. The number of pyridine rings is 1. The molecule has 27 heavy (non-hydrogen) atoms. The summed E-state index contributed by atoms with van der Waals surface area (Å²) in [6.45, 7) is 7.46. The van der Waals surface area contributed by atoms with Crippen LogP contribution in [0.25, 0.3) is 0 Å². The van der Waals surface area contributed by atoms with E-state index < -0.39 is 5.60 Å². The van der Waals surface area contributed by atoms with Crippen molar-refractivity contribution in [2.24, 2.45) is 4.99 Å². The maximum absolute atomic E-state index is 12.0. The minimum Gasteiger partial charge on any atom is -0.444 e. The second-order valence-electron chi connectivity index (χ2n) is 7.57. The molecule has 0 bridgehead atoms. The van der Waals surface area contributed by atoms with Crippen molar-refractivity contribution < 1.29 is 9.53 Å². The first-order valence-electron chi connectivity index (χ1n) is 8.75. The molecule has 1 aliphatic rings. The first-order chi connectivity index (χ1) is 12.2. The molecular weight excluding hydrogens is 459 g/mol. The number of aliphatic imine (C=N–C) groups is 1.